The highest BCUT2D eigenvalue weighted by Crippen LogP contribution is 2.48. The fourth-order valence-corrected chi connectivity index (χ4v) is 3.24. The van der Waals surface area contributed by atoms with Gasteiger partial charge in [0.1, 0.15) is 5.41 Å². The maximum atomic E-state index is 12.7. The Morgan fingerprint density at radius 3 is 2.36 bits per heavy atom. The van der Waals surface area contributed by atoms with Crippen LogP contribution < -0.4 is 5.32 Å². The zero-order valence-electron chi connectivity index (χ0n) is 13.4. The lowest BCUT2D eigenvalue weighted by atomic mass is 9.99. The van der Waals surface area contributed by atoms with Gasteiger partial charge in [0.15, 0.2) is 0 Å². The van der Waals surface area contributed by atoms with E-state index < -0.39 is 5.41 Å². The van der Waals surface area contributed by atoms with E-state index in [1.807, 2.05) is 29.2 Å². The van der Waals surface area contributed by atoms with Gasteiger partial charge in [-0.25, -0.2) is 0 Å². The first kappa shape index (κ1) is 15.1. The fourth-order valence-electron chi connectivity index (χ4n) is 3.24. The summed E-state index contributed by atoms with van der Waals surface area (Å²) >= 11 is 0. The average molecular weight is 300 g/mol. The van der Waals surface area contributed by atoms with Crippen LogP contribution in [0.4, 0.5) is 5.69 Å². The highest BCUT2D eigenvalue weighted by molar-refractivity contribution is 6.13. The number of nitrogens with one attached hydrogen (secondary N) is 1. The largest absolute Gasteiger partial charge is 0.342 e. The first-order valence-corrected chi connectivity index (χ1v) is 8.24. The normalized spacial score (nSPS) is 19.3. The summed E-state index contributed by atoms with van der Waals surface area (Å²) in [6.07, 6.45) is 3.47. The number of carbonyl (C=O) groups excluding carboxylic acids is 2. The van der Waals surface area contributed by atoms with Crippen molar-refractivity contribution in [2.24, 2.45) is 5.41 Å². The number of amides is 2. The standard InChI is InChI=1S/C18H24N2O2/c1-13(2)14-7-3-4-8-15(14)19-16(21)18(9-10-18)17(22)20-11-5-6-12-20/h3-4,7-8,13H,5-6,9-12H2,1-2H3,(H,19,21). The molecule has 118 valence electrons. The van der Waals surface area contributed by atoms with Crippen molar-refractivity contribution in [3.63, 3.8) is 0 Å². The van der Waals surface area contributed by atoms with Gasteiger partial charge >= 0.3 is 0 Å². The molecule has 0 atom stereocenters. The van der Waals surface area contributed by atoms with Crippen molar-refractivity contribution >= 4 is 17.5 Å². The molecule has 2 fully saturated rings. The highest BCUT2D eigenvalue weighted by atomic mass is 16.2. The maximum absolute atomic E-state index is 12.7. The number of carbonyl (C=O) groups is 2. The quantitative estimate of drug-likeness (QED) is 0.868. The first-order valence-electron chi connectivity index (χ1n) is 8.24. The molecule has 2 aliphatic rings. The molecule has 1 aromatic rings. The maximum Gasteiger partial charge on any atom is 0.240 e. The fraction of sp³-hybridized carbons (Fsp3) is 0.556. The summed E-state index contributed by atoms with van der Waals surface area (Å²) < 4.78 is 0. The van der Waals surface area contributed by atoms with Gasteiger partial charge in [-0.2, -0.15) is 0 Å². The molecule has 1 aliphatic heterocycles. The first-order chi connectivity index (χ1) is 10.5. The molecule has 0 radical (unpaired) electrons. The molecule has 0 unspecified atom stereocenters. The van der Waals surface area contributed by atoms with Crippen LogP contribution in [0, 0.1) is 5.41 Å². The van der Waals surface area contributed by atoms with Crippen molar-refractivity contribution in [1.82, 2.24) is 4.90 Å². The van der Waals surface area contributed by atoms with Gasteiger partial charge in [0.05, 0.1) is 0 Å². The van der Waals surface area contributed by atoms with E-state index in [4.69, 9.17) is 0 Å². The summed E-state index contributed by atoms with van der Waals surface area (Å²) in [5.74, 6) is 0.239. The number of nitrogens with zero attached hydrogens (tertiary/aromatic N) is 1. The van der Waals surface area contributed by atoms with E-state index in [-0.39, 0.29) is 11.8 Å². The monoisotopic (exact) mass is 300 g/mol. The van der Waals surface area contributed by atoms with Crippen LogP contribution in [0.2, 0.25) is 0 Å². The van der Waals surface area contributed by atoms with Crippen LogP contribution in [0.3, 0.4) is 0 Å². The molecule has 4 heteroatoms. The van der Waals surface area contributed by atoms with E-state index in [9.17, 15) is 9.59 Å². The van der Waals surface area contributed by atoms with Crippen molar-refractivity contribution in [2.45, 2.75) is 45.4 Å². The minimum Gasteiger partial charge on any atom is -0.342 e. The molecule has 1 saturated carbocycles. The van der Waals surface area contributed by atoms with Crippen molar-refractivity contribution < 1.29 is 9.59 Å². The number of benzene rings is 1. The number of hydrogen-bond donors (Lipinski definition) is 1. The second-order valence-electron chi connectivity index (χ2n) is 6.78. The third-order valence-electron chi connectivity index (χ3n) is 4.82. The number of hydrogen-bond acceptors (Lipinski definition) is 2. The SMILES string of the molecule is CC(C)c1ccccc1NC(=O)C1(C(=O)N2CCCC2)CC1. The predicted octanol–water partition coefficient (Wildman–Crippen LogP) is 3.15. The Balaban J connectivity index is 1.76. The molecule has 0 aromatic heterocycles. The number of rotatable bonds is 4. The molecule has 0 spiro atoms. The third-order valence-corrected chi connectivity index (χ3v) is 4.82. The smallest absolute Gasteiger partial charge is 0.240 e. The Morgan fingerprint density at radius 2 is 1.77 bits per heavy atom. The lowest BCUT2D eigenvalue weighted by Gasteiger charge is -2.23. The molecule has 3 rings (SSSR count). The second kappa shape index (κ2) is 5.75. The topological polar surface area (TPSA) is 49.4 Å². The van der Waals surface area contributed by atoms with E-state index >= 15 is 0 Å². The van der Waals surface area contributed by atoms with Crippen molar-refractivity contribution in [2.75, 3.05) is 18.4 Å². The van der Waals surface area contributed by atoms with Crippen LogP contribution in [-0.4, -0.2) is 29.8 Å². The molecule has 0 bridgehead atoms. The minimum atomic E-state index is -0.797. The number of para-hydroxylation sites is 1. The molecule has 1 N–H and O–H groups in total. The summed E-state index contributed by atoms with van der Waals surface area (Å²) in [5.41, 5.74) is 1.15. The summed E-state index contributed by atoms with van der Waals surface area (Å²) in [6.45, 7) is 5.81. The summed E-state index contributed by atoms with van der Waals surface area (Å²) in [4.78, 5) is 27.2. The Kier molecular flexibility index (Phi) is 3.94. The zero-order valence-corrected chi connectivity index (χ0v) is 13.4. The summed E-state index contributed by atoms with van der Waals surface area (Å²) in [6, 6.07) is 7.85. The van der Waals surface area contributed by atoms with Gasteiger partial charge in [-0.05, 0) is 43.2 Å². The van der Waals surface area contributed by atoms with Gasteiger partial charge in [0.2, 0.25) is 11.8 Å². The van der Waals surface area contributed by atoms with Crippen LogP contribution in [0.25, 0.3) is 0 Å². The van der Waals surface area contributed by atoms with Crippen LogP contribution in [0.15, 0.2) is 24.3 Å². The minimum absolute atomic E-state index is 0.0320. The van der Waals surface area contributed by atoms with E-state index in [1.165, 1.54) is 0 Å². The average Bonchev–Trinajstić information content (AvgIpc) is 3.14. The molecule has 1 saturated heterocycles. The van der Waals surface area contributed by atoms with Crippen molar-refractivity contribution in [1.29, 1.82) is 0 Å². The molecule has 1 heterocycles. The van der Waals surface area contributed by atoms with Gasteiger partial charge in [0.25, 0.3) is 0 Å². The molecule has 4 nitrogen and oxygen atoms in total. The van der Waals surface area contributed by atoms with Gasteiger partial charge in [-0.3, -0.25) is 9.59 Å². The molecular formula is C18H24N2O2. The predicted molar refractivity (Wildman–Crippen MR) is 86.6 cm³/mol. The Bertz CT molecular complexity index is 585. The van der Waals surface area contributed by atoms with Crippen LogP contribution in [0.5, 0.6) is 0 Å². The van der Waals surface area contributed by atoms with E-state index in [0.29, 0.717) is 18.8 Å². The van der Waals surface area contributed by atoms with Gasteiger partial charge in [0, 0.05) is 18.8 Å². The van der Waals surface area contributed by atoms with Gasteiger partial charge in [-0.15, -0.1) is 0 Å². The van der Waals surface area contributed by atoms with Gasteiger partial charge < -0.3 is 10.2 Å². The van der Waals surface area contributed by atoms with Crippen molar-refractivity contribution in [3.8, 4) is 0 Å². The summed E-state index contributed by atoms with van der Waals surface area (Å²) in [5, 5.41) is 3.01. The lowest BCUT2D eigenvalue weighted by molar-refractivity contribution is -0.141. The third kappa shape index (κ3) is 2.62. The van der Waals surface area contributed by atoms with Crippen LogP contribution >= 0.6 is 0 Å². The molecule has 2 amide bonds. The Morgan fingerprint density at radius 1 is 1.14 bits per heavy atom. The van der Waals surface area contributed by atoms with Gasteiger partial charge in [-0.1, -0.05) is 32.0 Å². The number of likely N-dealkylation sites (tertiary alicyclic amines) is 1. The van der Waals surface area contributed by atoms with Crippen LogP contribution in [-0.2, 0) is 9.59 Å². The number of anilines is 1. The van der Waals surface area contributed by atoms with E-state index in [0.717, 1.165) is 37.2 Å². The highest BCUT2D eigenvalue weighted by Gasteiger charge is 2.58. The van der Waals surface area contributed by atoms with E-state index in [2.05, 4.69) is 19.2 Å². The lowest BCUT2D eigenvalue weighted by Crippen LogP contribution is -2.41. The molecule has 1 aliphatic carbocycles. The molecule has 22 heavy (non-hydrogen) atoms. The second-order valence-corrected chi connectivity index (χ2v) is 6.78. The zero-order chi connectivity index (χ0) is 15.7. The molecular weight excluding hydrogens is 276 g/mol. The van der Waals surface area contributed by atoms with Crippen LogP contribution in [0.1, 0.15) is 51.0 Å². The van der Waals surface area contributed by atoms with Crippen molar-refractivity contribution in [3.05, 3.63) is 29.8 Å². The Labute approximate surface area is 131 Å². The summed E-state index contributed by atoms with van der Waals surface area (Å²) in [7, 11) is 0. The molecule has 1 aromatic carbocycles. The van der Waals surface area contributed by atoms with E-state index in [1.54, 1.807) is 0 Å². The Hall–Kier alpha value is -1.84.